The average Bonchev–Trinajstić information content (AvgIpc) is 2.80. The third-order valence-corrected chi connectivity index (χ3v) is 3.97. The topological polar surface area (TPSA) is 3.24 Å². The van der Waals surface area contributed by atoms with Gasteiger partial charge in [-0.15, -0.1) is 11.3 Å². The molecule has 3 heteroatoms. The van der Waals surface area contributed by atoms with Gasteiger partial charge in [-0.1, -0.05) is 25.8 Å². The lowest BCUT2D eigenvalue weighted by atomic mass is 10.2. The van der Waals surface area contributed by atoms with Gasteiger partial charge in [0.1, 0.15) is 0 Å². The van der Waals surface area contributed by atoms with Gasteiger partial charge in [0.05, 0.1) is 0 Å². The van der Waals surface area contributed by atoms with E-state index in [1.54, 1.807) is 0 Å². The van der Waals surface area contributed by atoms with Crippen molar-refractivity contribution in [1.29, 1.82) is 0 Å². The first-order chi connectivity index (χ1) is 7.86. The van der Waals surface area contributed by atoms with Crippen molar-refractivity contribution in [3.8, 4) is 0 Å². The Morgan fingerprint density at radius 3 is 2.69 bits per heavy atom. The summed E-state index contributed by atoms with van der Waals surface area (Å²) in [5, 5.41) is 2.16. The maximum Gasteiger partial charge on any atom is 0.0327 e. The van der Waals surface area contributed by atoms with E-state index in [-0.39, 0.29) is 0 Å². The van der Waals surface area contributed by atoms with Crippen LogP contribution in [-0.2, 0) is 6.54 Å². The van der Waals surface area contributed by atoms with Gasteiger partial charge in [0.25, 0.3) is 0 Å². The second-order valence-corrected chi connectivity index (χ2v) is 5.57. The number of rotatable bonds is 9. The number of thiophene rings is 1. The summed E-state index contributed by atoms with van der Waals surface area (Å²) in [4.78, 5) is 4.02. The quantitative estimate of drug-likeness (QED) is 0.516. The van der Waals surface area contributed by atoms with Crippen LogP contribution >= 0.6 is 24.0 Å². The Morgan fingerprint density at radius 2 is 2.06 bits per heavy atom. The molecule has 0 fully saturated rings. The molecule has 0 amide bonds. The molecule has 1 rings (SSSR count). The van der Waals surface area contributed by atoms with Crippen LogP contribution in [0.25, 0.3) is 0 Å². The fraction of sp³-hybridized carbons (Fsp3) is 0.692. The van der Waals surface area contributed by atoms with Gasteiger partial charge in [0.15, 0.2) is 0 Å². The predicted molar refractivity (Wildman–Crippen MR) is 77.6 cm³/mol. The van der Waals surface area contributed by atoms with E-state index in [0.717, 1.165) is 18.8 Å². The summed E-state index contributed by atoms with van der Waals surface area (Å²) in [5.74, 6) is 1.03. The van der Waals surface area contributed by atoms with Crippen molar-refractivity contribution in [3.05, 3.63) is 22.4 Å². The third-order valence-electron chi connectivity index (χ3n) is 2.79. The molecule has 0 atom stereocenters. The Labute approximate surface area is 109 Å². The third kappa shape index (κ3) is 5.92. The standard InChI is InChI=1S/C13H23NS2/c1-2-14(9-5-3-4-6-10-15)12-13-8-7-11-16-13/h7-8,11,15H,2-6,9-10,12H2,1H3. The summed E-state index contributed by atoms with van der Waals surface area (Å²) in [7, 11) is 0. The van der Waals surface area contributed by atoms with E-state index < -0.39 is 0 Å². The zero-order valence-corrected chi connectivity index (χ0v) is 11.9. The molecule has 0 aliphatic carbocycles. The van der Waals surface area contributed by atoms with Gasteiger partial charge in [0, 0.05) is 11.4 Å². The molecule has 0 aromatic carbocycles. The molecule has 0 unspecified atom stereocenters. The maximum absolute atomic E-state index is 4.23. The Morgan fingerprint density at radius 1 is 1.25 bits per heavy atom. The highest BCUT2D eigenvalue weighted by molar-refractivity contribution is 7.80. The molecule has 16 heavy (non-hydrogen) atoms. The van der Waals surface area contributed by atoms with Gasteiger partial charge < -0.3 is 0 Å². The van der Waals surface area contributed by atoms with E-state index in [4.69, 9.17) is 0 Å². The van der Waals surface area contributed by atoms with Gasteiger partial charge in [-0.25, -0.2) is 0 Å². The first kappa shape index (κ1) is 14.1. The first-order valence-electron chi connectivity index (χ1n) is 6.22. The molecule has 92 valence electrons. The monoisotopic (exact) mass is 257 g/mol. The molecule has 0 N–H and O–H groups in total. The van der Waals surface area contributed by atoms with E-state index in [1.807, 2.05) is 11.3 Å². The summed E-state index contributed by atoms with van der Waals surface area (Å²) >= 11 is 6.09. The number of unbranched alkanes of at least 4 members (excludes halogenated alkanes) is 3. The van der Waals surface area contributed by atoms with Gasteiger partial charge in [-0.3, -0.25) is 4.90 Å². The molecular weight excluding hydrogens is 234 g/mol. The molecule has 1 aromatic rings. The van der Waals surface area contributed by atoms with Crippen LogP contribution < -0.4 is 0 Å². The summed E-state index contributed by atoms with van der Waals surface area (Å²) in [5.41, 5.74) is 0. The van der Waals surface area contributed by atoms with Crippen molar-refractivity contribution >= 4 is 24.0 Å². The normalized spacial score (nSPS) is 11.2. The second kappa shape index (κ2) is 9.08. The minimum Gasteiger partial charge on any atom is -0.299 e. The van der Waals surface area contributed by atoms with Gasteiger partial charge in [0.2, 0.25) is 0 Å². The van der Waals surface area contributed by atoms with Crippen molar-refractivity contribution in [2.24, 2.45) is 0 Å². The fourth-order valence-electron chi connectivity index (χ4n) is 1.77. The highest BCUT2D eigenvalue weighted by Crippen LogP contribution is 2.12. The predicted octanol–water partition coefficient (Wildman–Crippen LogP) is 4.06. The van der Waals surface area contributed by atoms with Crippen LogP contribution in [0.15, 0.2) is 17.5 Å². The fourth-order valence-corrected chi connectivity index (χ4v) is 2.74. The molecule has 0 aliphatic rings. The smallest absolute Gasteiger partial charge is 0.0327 e. The zero-order chi connectivity index (χ0) is 11.6. The number of thiol groups is 1. The highest BCUT2D eigenvalue weighted by atomic mass is 32.1. The van der Waals surface area contributed by atoms with Crippen molar-refractivity contribution in [2.75, 3.05) is 18.8 Å². The van der Waals surface area contributed by atoms with E-state index in [9.17, 15) is 0 Å². The lowest BCUT2D eigenvalue weighted by molar-refractivity contribution is 0.275. The Kier molecular flexibility index (Phi) is 7.99. The summed E-state index contributed by atoms with van der Waals surface area (Å²) in [6.45, 7) is 5.77. The molecule has 1 heterocycles. The van der Waals surface area contributed by atoms with Gasteiger partial charge in [-0.2, -0.15) is 12.6 Å². The van der Waals surface area contributed by atoms with E-state index in [1.165, 1.54) is 37.1 Å². The lowest BCUT2D eigenvalue weighted by Crippen LogP contribution is -2.23. The summed E-state index contributed by atoms with van der Waals surface area (Å²) < 4.78 is 0. The van der Waals surface area contributed by atoms with Crippen molar-refractivity contribution in [3.63, 3.8) is 0 Å². The minimum absolute atomic E-state index is 1.03. The molecule has 0 saturated carbocycles. The summed E-state index contributed by atoms with van der Waals surface area (Å²) in [6.07, 6.45) is 5.27. The Hall–Kier alpha value is 0.01000. The molecule has 0 aliphatic heterocycles. The van der Waals surface area contributed by atoms with Crippen LogP contribution in [0.5, 0.6) is 0 Å². The van der Waals surface area contributed by atoms with E-state index >= 15 is 0 Å². The molecule has 0 bridgehead atoms. The van der Waals surface area contributed by atoms with Gasteiger partial charge >= 0.3 is 0 Å². The van der Waals surface area contributed by atoms with Crippen LogP contribution in [0.1, 0.15) is 37.5 Å². The van der Waals surface area contributed by atoms with Crippen LogP contribution in [-0.4, -0.2) is 23.7 Å². The lowest BCUT2D eigenvalue weighted by Gasteiger charge is -2.19. The van der Waals surface area contributed by atoms with Crippen molar-refractivity contribution < 1.29 is 0 Å². The van der Waals surface area contributed by atoms with Gasteiger partial charge in [-0.05, 0) is 43.1 Å². The summed E-state index contributed by atoms with van der Waals surface area (Å²) in [6, 6.07) is 4.37. The Balaban J connectivity index is 2.12. The zero-order valence-electron chi connectivity index (χ0n) is 10.2. The van der Waals surface area contributed by atoms with Crippen molar-refractivity contribution in [2.45, 2.75) is 39.2 Å². The molecule has 0 saturated heterocycles. The molecule has 0 radical (unpaired) electrons. The SMILES string of the molecule is CCN(CCCCCCS)Cc1cccs1. The van der Waals surface area contributed by atoms with Crippen LogP contribution in [0.3, 0.4) is 0 Å². The number of hydrogen-bond acceptors (Lipinski definition) is 3. The van der Waals surface area contributed by atoms with E-state index in [2.05, 4.69) is 42.0 Å². The molecule has 0 spiro atoms. The maximum atomic E-state index is 4.23. The van der Waals surface area contributed by atoms with Crippen LogP contribution in [0.2, 0.25) is 0 Å². The number of hydrogen-bond donors (Lipinski definition) is 1. The Bertz CT molecular complexity index is 246. The number of nitrogens with zero attached hydrogens (tertiary/aromatic N) is 1. The highest BCUT2D eigenvalue weighted by Gasteiger charge is 2.03. The van der Waals surface area contributed by atoms with Crippen LogP contribution in [0, 0.1) is 0 Å². The van der Waals surface area contributed by atoms with Crippen molar-refractivity contribution in [1.82, 2.24) is 4.90 Å². The molecule has 1 nitrogen and oxygen atoms in total. The molecular formula is C13H23NS2. The second-order valence-electron chi connectivity index (χ2n) is 4.09. The average molecular weight is 257 g/mol. The first-order valence-corrected chi connectivity index (χ1v) is 7.73. The molecule has 1 aromatic heterocycles. The minimum atomic E-state index is 1.03. The largest absolute Gasteiger partial charge is 0.299 e. The van der Waals surface area contributed by atoms with Crippen LogP contribution in [0.4, 0.5) is 0 Å². The van der Waals surface area contributed by atoms with E-state index in [0.29, 0.717) is 0 Å².